The molecular weight excluding hydrogens is 487 g/mol. The number of alkyl halides is 3. The van der Waals surface area contributed by atoms with E-state index >= 15 is 0 Å². The molecule has 0 atom stereocenters. The van der Waals surface area contributed by atoms with E-state index in [2.05, 4.69) is 15.0 Å². The van der Waals surface area contributed by atoms with Crippen LogP contribution in [0.3, 0.4) is 0 Å². The fraction of sp³-hybridized carbons (Fsp3) is 0.296. The molecule has 0 unspecified atom stereocenters. The number of aromatic nitrogens is 1. The first kappa shape index (κ1) is 26.0. The Labute approximate surface area is 211 Å². The lowest BCUT2D eigenvalue weighted by Crippen LogP contribution is -2.36. The molecule has 3 aromatic rings. The Morgan fingerprint density at radius 1 is 1.05 bits per heavy atom. The van der Waals surface area contributed by atoms with Crippen molar-refractivity contribution in [2.24, 2.45) is 0 Å². The monoisotopic (exact) mass is 513 g/mol. The molecular formula is C27H26F3N3O4. The number of aryl methyl sites for hydroxylation is 2. The number of benzene rings is 2. The van der Waals surface area contributed by atoms with Crippen molar-refractivity contribution in [1.29, 1.82) is 0 Å². The topological polar surface area (TPSA) is 84.7 Å². The highest BCUT2D eigenvalue weighted by Gasteiger charge is 2.31. The van der Waals surface area contributed by atoms with Crippen LogP contribution in [0.4, 0.5) is 18.9 Å². The summed E-state index contributed by atoms with van der Waals surface area (Å²) in [4.78, 5) is 30.8. The van der Waals surface area contributed by atoms with Gasteiger partial charge in [-0.25, -0.2) is 4.98 Å². The minimum absolute atomic E-state index is 0.148. The molecule has 194 valence electrons. The largest absolute Gasteiger partial charge is 0.573 e. The predicted octanol–water partition coefficient (Wildman–Crippen LogP) is 5.86. The number of nitrogens with one attached hydrogen (secondary N) is 1. The third kappa shape index (κ3) is 6.99. The third-order valence-electron chi connectivity index (χ3n) is 6.09. The summed E-state index contributed by atoms with van der Waals surface area (Å²) in [6.07, 6.45) is -0.152. The maximum Gasteiger partial charge on any atom is 0.573 e. The highest BCUT2D eigenvalue weighted by Crippen LogP contribution is 2.29. The van der Waals surface area contributed by atoms with Crippen molar-refractivity contribution >= 4 is 23.6 Å². The van der Waals surface area contributed by atoms with Crippen LogP contribution in [0.5, 0.6) is 5.75 Å². The summed E-state index contributed by atoms with van der Waals surface area (Å²) in [7, 11) is 0. The molecule has 1 aliphatic heterocycles. The second kappa shape index (κ2) is 10.9. The second-order valence-corrected chi connectivity index (χ2v) is 8.77. The van der Waals surface area contributed by atoms with Gasteiger partial charge in [-0.15, -0.1) is 13.2 Å². The first-order valence-corrected chi connectivity index (χ1v) is 11.8. The first-order chi connectivity index (χ1) is 17.6. The number of amides is 2. The maximum absolute atomic E-state index is 12.6. The number of nitrogens with zero attached hydrogens (tertiary/aromatic N) is 2. The number of carbonyl (C=O) groups is 2. The Hall–Kier alpha value is -4.08. The van der Waals surface area contributed by atoms with E-state index in [1.807, 2.05) is 24.3 Å². The minimum atomic E-state index is -4.74. The quantitative estimate of drug-likeness (QED) is 0.417. The van der Waals surface area contributed by atoms with Crippen LogP contribution >= 0.6 is 0 Å². The van der Waals surface area contributed by atoms with E-state index < -0.39 is 6.36 Å². The summed E-state index contributed by atoms with van der Waals surface area (Å²) < 4.78 is 46.0. The first-order valence-electron chi connectivity index (χ1n) is 11.8. The van der Waals surface area contributed by atoms with Crippen molar-refractivity contribution < 1.29 is 31.9 Å². The molecule has 0 saturated carbocycles. The molecule has 2 aromatic carbocycles. The molecule has 2 amide bonds. The fourth-order valence-corrected chi connectivity index (χ4v) is 4.26. The fourth-order valence-electron chi connectivity index (χ4n) is 4.26. The molecule has 1 fully saturated rings. The van der Waals surface area contributed by atoms with Gasteiger partial charge in [0.05, 0.1) is 5.69 Å². The molecule has 2 heterocycles. The Balaban J connectivity index is 1.26. The lowest BCUT2D eigenvalue weighted by Gasteiger charge is -2.31. The van der Waals surface area contributed by atoms with Crippen LogP contribution in [0.1, 0.15) is 52.0 Å². The van der Waals surface area contributed by atoms with Crippen molar-refractivity contribution in [3.63, 3.8) is 0 Å². The molecule has 1 aliphatic rings. The molecule has 37 heavy (non-hydrogen) atoms. The zero-order chi connectivity index (χ0) is 26.6. The van der Waals surface area contributed by atoms with Gasteiger partial charge in [0.15, 0.2) is 5.89 Å². The summed E-state index contributed by atoms with van der Waals surface area (Å²) in [6, 6.07) is 13.0. The zero-order valence-electron chi connectivity index (χ0n) is 20.3. The number of anilines is 1. The van der Waals surface area contributed by atoms with Crippen LogP contribution < -0.4 is 10.1 Å². The molecule has 0 radical (unpaired) electrons. The molecule has 1 saturated heterocycles. The molecule has 4 rings (SSSR count). The Bertz CT molecular complexity index is 1270. The highest BCUT2D eigenvalue weighted by molar-refractivity contribution is 6.02. The van der Waals surface area contributed by atoms with Crippen molar-refractivity contribution in [1.82, 2.24) is 9.88 Å². The Morgan fingerprint density at radius 3 is 2.27 bits per heavy atom. The number of oxazole rings is 1. The number of carbonyl (C=O) groups excluding carboxylic acids is 2. The van der Waals surface area contributed by atoms with Gasteiger partial charge < -0.3 is 19.4 Å². The SMILES string of the molecule is Cc1nc(C)c(C(=O)Nc2ccc(C3CCN(C(=O)/C=C/c4ccc(OC(F)(F)F)cc4)CC3)cc2)o1. The summed E-state index contributed by atoms with van der Waals surface area (Å²) in [6.45, 7) is 4.59. The summed E-state index contributed by atoms with van der Waals surface area (Å²) in [5.74, 6) is 0.111. The van der Waals surface area contributed by atoms with Crippen molar-refractivity contribution in [3.8, 4) is 5.75 Å². The normalized spacial score (nSPS) is 14.7. The number of rotatable bonds is 6. The van der Waals surface area contributed by atoms with Gasteiger partial charge in [0, 0.05) is 31.8 Å². The summed E-state index contributed by atoms with van der Waals surface area (Å²) in [5.41, 5.74) is 2.92. The summed E-state index contributed by atoms with van der Waals surface area (Å²) >= 11 is 0. The van der Waals surface area contributed by atoms with Gasteiger partial charge in [0.2, 0.25) is 11.7 Å². The van der Waals surface area contributed by atoms with E-state index in [0.29, 0.717) is 35.9 Å². The predicted molar refractivity (Wildman–Crippen MR) is 131 cm³/mol. The van der Waals surface area contributed by atoms with E-state index in [1.54, 1.807) is 24.8 Å². The number of likely N-dealkylation sites (tertiary alicyclic amines) is 1. The maximum atomic E-state index is 12.6. The van der Waals surface area contributed by atoms with Gasteiger partial charge in [0.1, 0.15) is 5.75 Å². The van der Waals surface area contributed by atoms with E-state index in [-0.39, 0.29) is 29.2 Å². The van der Waals surface area contributed by atoms with Crippen LogP contribution in [-0.2, 0) is 4.79 Å². The minimum Gasteiger partial charge on any atom is -0.436 e. The van der Waals surface area contributed by atoms with Crippen molar-refractivity contribution in [2.45, 2.75) is 39.0 Å². The number of hydrogen-bond acceptors (Lipinski definition) is 5. The molecule has 1 N–H and O–H groups in total. The van der Waals surface area contributed by atoms with E-state index in [1.165, 1.54) is 30.3 Å². The highest BCUT2D eigenvalue weighted by atomic mass is 19.4. The molecule has 10 heteroatoms. The lowest BCUT2D eigenvalue weighted by atomic mass is 9.89. The summed E-state index contributed by atoms with van der Waals surface area (Å²) in [5, 5.41) is 2.81. The van der Waals surface area contributed by atoms with Crippen LogP contribution in [0.25, 0.3) is 6.08 Å². The number of ether oxygens (including phenoxy) is 1. The van der Waals surface area contributed by atoms with Crippen LogP contribution in [0, 0.1) is 13.8 Å². The lowest BCUT2D eigenvalue weighted by molar-refractivity contribution is -0.274. The van der Waals surface area contributed by atoms with Crippen molar-refractivity contribution in [3.05, 3.63) is 83.1 Å². The average Bonchev–Trinajstić information content (AvgIpc) is 3.21. The van der Waals surface area contributed by atoms with Crippen LogP contribution in [0.2, 0.25) is 0 Å². The van der Waals surface area contributed by atoms with E-state index in [9.17, 15) is 22.8 Å². The third-order valence-corrected chi connectivity index (χ3v) is 6.09. The van der Waals surface area contributed by atoms with Crippen LogP contribution in [0.15, 0.2) is 59.0 Å². The van der Waals surface area contributed by atoms with Gasteiger partial charge in [-0.3, -0.25) is 9.59 Å². The molecule has 7 nitrogen and oxygen atoms in total. The zero-order valence-corrected chi connectivity index (χ0v) is 20.3. The van der Waals surface area contributed by atoms with Gasteiger partial charge >= 0.3 is 6.36 Å². The number of hydrogen-bond donors (Lipinski definition) is 1. The molecule has 0 spiro atoms. The van der Waals surface area contributed by atoms with Crippen molar-refractivity contribution in [2.75, 3.05) is 18.4 Å². The second-order valence-electron chi connectivity index (χ2n) is 8.77. The van der Waals surface area contributed by atoms with Gasteiger partial charge in [-0.1, -0.05) is 24.3 Å². The number of piperidine rings is 1. The Kier molecular flexibility index (Phi) is 7.66. The number of halogens is 3. The van der Waals surface area contributed by atoms with E-state index in [4.69, 9.17) is 4.42 Å². The van der Waals surface area contributed by atoms with Crippen LogP contribution in [-0.4, -0.2) is 41.2 Å². The molecule has 1 aromatic heterocycles. The standard InChI is InChI=1S/C27H26F3N3O4/c1-17-25(36-18(2)31-17)26(35)32-22-8-6-20(7-9-22)21-13-15-33(16-14-21)24(34)12-5-19-3-10-23(11-4-19)37-27(28,29)30/h3-12,21H,13-16H2,1-2H3,(H,32,35)/b12-5+. The Morgan fingerprint density at radius 2 is 1.70 bits per heavy atom. The smallest absolute Gasteiger partial charge is 0.436 e. The van der Waals surface area contributed by atoms with Gasteiger partial charge in [-0.2, -0.15) is 0 Å². The van der Waals surface area contributed by atoms with E-state index in [0.717, 1.165) is 18.4 Å². The molecule has 0 aliphatic carbocycles. The average molecular weight is 514 g/mol. The van der Waals surface area contributed by atoms with Gasteiger partial charge in [-0.05, 0) is 67.2 Å². The van der Waals surface area contributed by atoms with Gasteiger partial charge in [0.25, 0.3) is 5.91 Å². The molecule has 0 bridgehead atoms.